The van der Waals surface area contributed by atoms with E-state index in [1.54, 1.807) is 24.3 Å². The Kier molecular flexibility index (Phi) is 5.33. The average molecular weight is 366 g/mol. The van der Waals surface area contributed by atoms with Crippen molar-refractivity contribution in [2.24, 2.45) is 0 Å². The quantitative estimate of drug-likeness (QED) is 0.557. The van der Waals surface area contributed by atoms with Crippen LogP contribution < -0.4 is 0 Å². The number of benzene rings is 2. The molecule has 1 atom stereocenters. The average Bonchev–Trinajstić information content (AvgIpc) is 2.89. The summed E-state index contributed by atoms with van der Waals surface area (Å²) in [5, 5.41) is 29.7. The van der Waals surface area contributed by atoms with E-state index in [1.165, 1.54) is 12.1 Å². The molecule has 1 aliphatic heterocycles. The SMILES string of the molecule is CC(C)=CCc1cc(CC2=C(c3ccc(O)cc3)[C@H](O)OC2=O)ccc1O. The molecule has 2 aromatic carbocycles. The number of allylic oxidation sites excluding steroid dienone is 2. The van der Waals surface area contributed by atoms with Gasteiger partial charge in [-0.05, 0) is 55.2 Å². The minimum Gasteiger partial charge on any atom is -0.508 e. The summed E-state index contributed by atoms with van der Waals surface area (Å²) in [7, 11) is 0. The molecule has 0 aliphatic carbocycles. The van der Waals surface area contributed by atoms with Gasteiger partial charge >= 0.3 is 5.97 Å². The van der Waals surface area contributed by atoms with Gasteiger partial charge in [0.25, 0.3) is 0 Å². The topological polar surface area (TPSA) is 87.0 Å². The Hall–Kier alpha value is -3.05. The molecule has 0 radical (unpaired) electrons. The third-order valence-electron chi connectivity index (χ3n) is 4.47. The van der Waals surface area contributed by atoms with E-state index in [0.29, 0.717) is 23.1 Å². The summed E-state index contributed by atoms with van der Waals surface area (Å²) in [6, 6.07) is 11.5. The first-order valence-corrected chi connectivity index (χ1v) is 8.71. The number of carbonyl (C=O) groups is 1. The van der Waals surface area contributed by atoms with Crippen LogP contribution in [0.4, 0.5) is 0 Å². The zero-order chi connectivity index (χ0) is 19.6. The predicted octanol–water partition coefficient (Wildman–Crippen LogP) is 3.48. The number of ether oxygens (including phenoxy) is 1. The molecule has 5 heteroatoms. The van der Waals surface area contributed by atoms with Crippen molar-refractivity contribution < 1.29 is 24.9 Å². The third-order valence-corrected chi connectivity index (χ3v) is 4.47. The first kappa shape index (κ1) is 18.7. The van der Waals surface area contributed by atoms with Gasteiger partial charge in [0.05, 0.1) is 5.57 Å². The maximum atomic E-state index is 12.3. The molecule has 5 nitrogen and oxygen atoms in total. The number of cyclic esters (lactones) is 1. The Morgan fingerprint density at radius 1 is 1.11 bits per heavy atom. The largest absolute Gasteiger partial charge is 0.508 e. The summed E-state index contributed by atoms with van der Waals surface area (Å²) in [6.07, 6.45) is 1.56. The molecule has 1 aliphatic rings. The highest BCUT2D eigenvalue weighted by Crippen LogP contribution is 2.33. The summed E-state index contributed by atoms with van der Waals surface area (Å²) < 4.78 is 5.00. The molecule has 3 N–H and O–H groups in total. The first-order chi connectivity index (χ1) is 12.8. The van der Waals surface area contributed by atoms with Crippen molar-refractivity contribution in [3.8, 4) is 11.5 Å². The molecule has 0 bridgehead atoms. The van der Waals surface area contributed by atoms with Crippen LogP contribution >= 0.6 is 0 Å². The normalized spacial score (nSPS) is 16.4. The maximum Gasteiger partial charge on any atom is 0.337 e. The number of carbonyl (C=O) groups excluding carboxylic acids is 1. The number of phenols is 2. The number of aliphatic hydroxyl groups excluding tert-OH is 1. The number of aromatic hydroxyl groups is 2. The van der Waals surface area contributed by atoms with Crippen molar-refractivity contribution in [3.05, 3.63) is 76.4 Å². The lowest BCUT2D eigenvalue weighted by Gasteiger charge is -2.09. The van der Waals surface area contributed by atoms with E-state index in [1.807, 2.05) is 26.0 Å². The number of aliphatic hydroxyl groups is 1. The Labute approximate surface area is 157 Å². The second kappa shape index (κ2) is 7.68. The van der Waals surface area contributed by atoms with E-state index in [2.05, 4.69) is 0 Å². The van der Waals surface area contributed by atoms with Crippen LogP contribution in [0.5, 0.6) is 11.5 Å². The number of esters is 1. The number of hydrogen-bond acceptors (Lipinski definition) is 5. The molecule has 0 aromatic heterocycles. The van der Waals surface area contributed by atoms with Crippen molar-refractivity contribution in [2.75, 3.05) is 0 Å². The maximum absolute atomic E-state index is 12.3. The van der Waals surface area contributed by atoms with Gasteiger partial charge in [0.2, 0.25) is 6.29 Å². The van der Waals surface area contributed by atoms with Gasteiger partial charge in [0.15, 0.2) is 0 Å². The van der Waals surface area contributed by atoms with Crippen LogP contribution in [0.25, 0.3) is 5.57 Å². The van der Waals surface area contributed by atoms with Gasteiger partial charge in [-0.1, -0.05) is 35.9 Å². The lowest BCUT2D eigenvalue weighted by atomic mass is 9.94. The van der Waals surface area contributed by atoms with E-state index in [0.717, 1.165) is 16.7 Å². The highest BCUT2D eigenvalue weighted by atomic mass is 16.6. The second-order valence-corrected chi connectivity index (χ2v) is 6.82. The van der Waals surface area contributed by atoms with Crippen LogP contribution in [0.2, 0.25) is 0 Å². The first-order valence-electron chi connectivity index (χ1n) is 8.71. The van der Waals surface area contributed by atoms with Crippen LogP contribution in [0.3, 0.4) is 0 Å². The van der Waals surface area contributed by atoms with E-state index in [4.69, 9.17) is 4.74 Å². The molecular weight excluding hydrogens is 344 g/mol. The molecule has 3 rings (SSSR count). The summed E-state index contributed by atoms with van der Waals surface area (Å²) >= 11 is 0. The fourth-order valence-electron chi connectivity index (χ4n) is 3.05. The Balaban J connectivity index is 1.96. The molecule has 2 aromatic rings. The second-order valence-electron chi connectivity index (χ2n) is 6.82. The third kappa shape index (κ3) is 4.20. The zero-order valence-corrected chi connectivity index (χ0v) is 15.3. The lowest BCUT2D eigenvalue weighted by Crippen LogP contribution is -2.09. The smallest absolute Gasteiger partial charge is 0.337 e. The molecule has 1 heterocycles. The molecule has 0 spiro atoms. The van der Waals surface area contributed by atoms with Gasteiger partial charge in [-0.3, -0.25) is 0 Å². The Morgan fingerprint density at radius 2 is 1.81 bits per heavy atom. The summed E-state index contributed by atoms with van der Waals surface area (Å²) in [5.41, 5.74) is 4.14. The standard InChI is InChI=1S/C22H22O5/c1-13(2)3-5-16-11-14(4-10-19(16)24)12-18-20(22(26)27-21(18)25)15-6-8-17(23)9-7-15/h3-4,6-11,22-24,26H,5,12H2,1-2H3/t22-/m1/s1. The highest BCUT2D eigenvalue weighted by Gasteiger charge is 2.33. The van der Waals surface area contributed by atoms with Crippen molar-refractivity contribution in [3.63, 3.8) is 0 Å². The molecule has 0 amide bonds. The number of rotatable bonds is 5. The van der Waals surface area contributed by atoms with E-state index in [9.17, 15) is 20.1 Å². The lowest BCUT2D eigenvalue weighted by molar-refractivity contribution is -0.150. The Morgan fingerprint density at radius 3 is 2.48 bits per heavy atom. The van der Waals surface area contributed by atoms with Gasteiger partial charge in [0.1, 0.15) is 11.5 Å². The molecule has 0 unspecified atom stereocenters. The van der Waals surface area contributed by atoms with E-state index < -0.39 is 12.3 Å². The van der Waals surface area contributed by atoms with Crippen molar-refractivity contribution in [2.45, 2.75) is 33.0 Å². The van der Waals surface area contributed by atoms with E-state index >= 15 is 0 Å². The van der Waals surface area contributed by atoms with Crippen LogP contribution in [0, 0.1) is 0 Å². The zero-order valence-electron chi connectivity index (χ0n) is 15.3. The summed E-state index contributed by atoms with van der Waals surface area (Å²) in [5.74, 6) is -0.259. The van der Waals surface area contributed by atoms with Gasteiger partial charge < -0.3 is 20.1 Å². The van der Waals surface area contributed by atoms with Crippen LogP contribution in [0.15, 0.2) is 59.7 Å². The minimum absolute atomic E-state index is 0.100. The fourth-order valence-corrected chi connectivity index (χ4v) is 3.05. The summed E-state index contributed by atoms with van der Waals surface area (Å²) in [4.78, 5) is 12.3. The number of hydrogen-bond donors (Lipinski definition) is 3. The Bertz CT molecular complexity index is 918. The van der Waals surface area contributed by atoms with Crippen LogP contribution in [0.1, 0.15) is 30.5 Å². The van der Waals surface area contributed by atoms with Crippen molar-refractivity contribution in [1.29, 1.82) is 0 Å². The van der Waals surface area contributed by atoms with Gasteiger partial charge in [-0.2, -0.15) is 0 Å². The van der Waals surface area contributed by atoms with Crippen LogP contribution in [-0.2, 0) is 22.4 Å². The molecule has 27 heavy (non-hydrogen) atoms. The molecular formula is C22H22O5. The molecule has 0 fully saturated rings. The van der Waals surface area contributed by atoms with Crippen LogP contribution in [-0.4, -0.2) is 27.6 Å². The monoisotopic (exact) mass is 366 g/mol. The molecule has 0 saturated heterocycles. The molecule has 0 saturated carbocycles. The van der Waals surface area contributed by atoms with Crippen molar-refractivity contribution in [1.82, 2.24) is 0 Å². The minimum atomic E-state index is -1.33. The van der Waals surface area contributed by atoms with Gasteiger partial charge in [-0.15, -0.1) is 0 Å². The highest BCUT2D eigenvalue weighted by molar-refractivity contribution is 6.02. The van der Waals surface area contributed by atoms with Gasteiger partial charge in [0, 0.05) is 12.0 Å². The van der Waals surface area contributed by atoms with Gasteiger partial charge in [-0.25, -0.2) is 4.79 Å². The summed E-state index contributed by atoms with van der Waals surface area (Å²) in [6.45, 7) is 3.98. The van der Waals surface area contributed by atoms with E-state index in [-0.39, 0.29) is 17.9 Å². The predicted molar refractivity (Wildman–Crippen MR) is 102 cm³/mol. The number of phenolic OH excluding ortho intramolecular Hbond substituents is 2. The molecule has 140 valence electrons. The van der Waals surface area contributed by atoms with Crippen molar-refractivity contribution >= 4 is 11.5 Å². The fraction of sp³-hybridized carbons (Fsp3) is 0.227.